The topological polar surface area (TPSA) is 58.8 Å². The highest BCUT2D eigenvalue weighted by Gasteiger charge is 2.24. The van der Waals surface area contributed by atoms with Gasteiger partial charge in [-0.25, -0.2) is 13.9 Å². The van der Waals surface area contributed by atoms with E-state index in [1.54, 1.807) is 23.0 Å². The second kappa shape index (κ2) is 12.3. The summed E-state index contributed by atoms with van der Waals surface area (Å²) in [4.78, 5) is 13.5. The van der Waals surface area contributed by atoms with Crippen LogP contribution in [0, 0.1) is 11.7 Å². The van der Waals surface area contributed by atoms with Gasteiger partial charge in [-0.1, -0.05) is 33.6 Å². The van der Waals surface area contributed by atoms with Crippen LogP contribution < -0.4 is 9.64 Å². The minimum atomic E-state index is -0.412. The highest BCUT2D eigenvalue weighted by Crippen LogP contribution is 2.34. The number of hydrogen-bond donors (Lipinski definition) is 0. The van der Waals surface area contributed by atoms with E-state index in [4.69, 9.17) is 4.74 Å². The standard InChI is InChI=1S/C20H18FN5O.C9H21N/c1-12-9-25(10-12)13-7-23-20-17(8-24-26(20)11-13)15-3-4-22-19-16(15)5-14(27-2)6-18(19)21;1-4-6-7-9-10(3)8-5-2/h3-8,11-12H,9-10H2,1-2H3;4-9H2,1-3H3. The highest BCUT2D eigenvalue weighted by molar-refractivity contribution is 5.98. The van der Waals surface area contributed by atoms with E-state index >= 15 is 0 Å². The molecule has 0 spiro atoms. The number of unbranched alkanes of at least 4 members (excludes halogenated alkanes) is 2. The molecule has 1 aromatic carbocycles. The third-order valence-corrected chi connectivity index (χ3v) is 6.82. The second-order valence-electron chi connectivity index (χ2n) is 10.0. The Morgan fingerprint density at radius 2 is 1.86 bits per heavy atom. The Morgan fingerprint density at radius 3 is 2.57 bits per heavy atom. The molecule has 0 atom stereocenters. The number of hydrogen-bond acceptors (Lipinski definition) is 6. The molecule has 4 aromatic rings. The molecule has 0 unspecified atom stereocenters. The van der Waals surface area contributed by atoms with E-state index in [0.29, 0.717) is 22.6 Å². The smallest absolute Gasteiger partial charge is 0.162 e. The maximum atomic E-state index is 14.4. The SMILES string of the molecule is CCCCCN(C)CCC.COc1cc(F)c2nccc(-c3cnn4cc(N5CC(C)C5)cnc34)c2c1. The van der Waals surface area contributed by atoms with Crippen LogP contribution in [-0.4, -0.2) is 64.8 Å². The number of methoxy groups -OCH3 is 1. The van der Waals surface area contributed by atoms with E-state index in [0.717, 1.165) is 35.6 Å². The molecule has 5 rings (SSSR count). The van der Waals surface area contributed by atoms with Gasteiger partial charge in [0.15, 0.2) is 11.5 Å². The lowest BCUT2D eigenvalue weighted by Crippen LogP contribution is -2.45. The summed E-state index contributed by atoms with van der Waals surface area (Å²) in [5.74, 6) is 0.750. The number of benzene rings is 1. The van der Waals surface area contributed by atoms with Gasteiger partial charge in [0.2, 0.25) is 0 Å². The number of aromatic nitrogens is 4. The molecule has 8 heteroatoms. The van der Waals surface area contributed by atoms with Gasteiger partial charge in [0, 0.05) is 36.3 Å². The van der Waals surface area contributed by atoms with Gasteiger partial charge in [-0.2, -0.15) is 5.10 Å². The van der Waals surface area contributed by atoms with Crippen molar-refractivity contribution in [1.29, 1.82) is 0 Å². The van der Waals surface area contributed by atoms with Gasteiger partial charge in [-0.15, -0.1) is 0 Å². The fourth-order valence-electron chi connectivity index (χ4n) is 4.79. The number of nitrogens with zero attached hydrogens (tertiary/aromatic N) is 6. The van der Waals surface area contributed by atoms with Crippen LogP contribution in [0.4, 0.5) is 10.1 Å². The summed E-state index contributed by atoms with van der Waals surface area (Å²) in [6.45, 7) is 11.3. The van der Waals surface area contributed by atoms with Crippen molar-refractivity contribution in [3.63, 3.8) is 0 Å². The Hall–Kier alpha value is -3.26. The predicted molar refractivity (Wildman–Crippen MR) is 149 cm³/mol. The van der Waals surface area contributed by atoms with Gasteiger partial charge in [-0.05, 0) is 56.6 Å². The minimum Gasteiger partial charge on any atom is -0.497 e. The fourth-order valence-corrected chi connectivity index (χ4v) is 4.79. The Morgan fingerprint density at radius 1 is 1.05 bits per heavy atom. The van der Waals surface area contributed by atoms with Crippen molar-refractivity contribution in [1.82, 2.24) is 24.5 Å². The molecule has 198 valence electrons. The summed E-state index contributed by atoms with van der Waals surface area (Å²) < 4.78 is 21.4. The average Bonchev–Trinajstić information content (AvgIpc) is 3.30. The predicted octanol–water partition coefficient (Wildman–Crippen LogP) is 6.07. The Balaban J connectivity index is 0.000000275. The van der Waals surface area contributed by atoms with E-state index in [2.05, 4.69) is 52.7 Å². The molecule has 1 aliphatic heterocycles. The number of rotatable bonds is 9. The van der Waals surface area contributed by atoms with Gasteiger partial charge in [0.05, 0.1) is 31.4 Å². The lowest BCUT2D eigenvalue weighted by Gasteiger charge is -2.38. The number of ether oxygens (including phenoxy) is 1. The van der Waals surface area contributed by atoms with Crippen molar-refractivity contribution in [2.45, 2.75) is 46.5 Å². The van der Waals surface area contributed by atoms with Crippen molar-refractivity contribution < 1.29 is 9.13 Å². The molecule has 0 saturated carbocycles. The normalized spacial score (nSPS) is 13.6. The summed E-state index contributed by atoms with van der Waals surface area (Å²) in [6.07, 6.45) is 12.6. The van der Waals surface area contributed by atoms with E-state index in [-0.39, 0.29) is 0 Å². The highest BCUT2D eigenvalue weighted by atomic mass is 19.1. The lowest BCUT2D eigenvalue weighted by molar-refractivity contribution is 0.326. The van der Waals surface area contributed by atoms with E-state index < -0.39 is 5.82 Å². The van der Waals surface area contributed by atoms with E-state index in [9.17, 15) is 4.39 Å². The molecule has 0 radical (unpaired) electrons. The molecule has 1 fully saturated rings. The summed E-state index contributed by atoms with van der Waals surface area (Å²) in [5.41, 5.74) is 3.74. The van der Waals surface area contributed by atoms with Crippen LogP contribution in [0.25, 0.3) is 27.7 Å². The van der Waals surface area contributed by atoms with Crippen LogP contribution in [0.15, 0.2) is 43.0 Å². The van der Waals surface area contributed by atoms with Crippen LogP contribution in [0.2, 0.25) is 0 Å². The molecule has 0 amide bonds. The van der Waals surface area contributed by atoms with Crippen LogP contribution in [-0.2, 0) is 0 Å². The van der Waals surface area contributed by atoms with Crippen molar-refractivity contribution in [3.8, 4) is 16.9 Å². The van der Waals surface area contributed by atoms with E-state index in [1.807, 2.05) is 18.5 Å². The van der Waals surface area contributed by atoms with Gasteiger partial charge < -0.3 is 14.5 Å². The maximum Gasteiger partial charge on any atom is 0.162 e. The summed E-state index contributed by atoms with van der Waals surface area (Å²) in [6, 6.07) is 4.98. The van der Waals surface area contributed by atoms with Crippen LogP contribution >= 0.6 is 0 Å². The summed E-state index contributed by atoms with van der Waals surface area (Å²) in [7, 11) is 3.73. The fraction of sp³-hybridized carbons (Fsp3) is 0.483. The van der Waals surface area contributed by atoms with Crippen LogP contribution in [0.3, 0.4) is 0 Å². The number of pyridine rings is 1. The Bertz CT molecular complexity index is 1320. The molecule has 1 saturated heterocycles. The minimum absolute atomic E-state index is 0.304. The molecular weight excluding hydrogens is 467 g/mol. The molecule has 1 aliphatic rings. The van der Waals surface area contributed by atoms with E-state index in [1.165, 1.54) is 51.9 Å². The molecule has 7 nitrogen and oxygen atoms in total. The Labute approximate surface area is 219 Å². The van der Waals surface area contributed by atoms with Crippen molar-refractivity contribution in [2.75, 3.05) is 45.2 Å². The molecule has 37 heavy (non-hydrogen) atoms. The first-order valence-corrected chi connectivity index (χ1v) is 13.3. The third-order valence-electron chi connectivity index (χ3n) is 6.82. The van der Waals surface area contributed by atoms with Crippen molar-refractivity contribution >= 4 is 22.2 Å². The van der Waals surface area contributed by atoms with Gasteiger partial charge in [-0.3, -0.25) is 4.98 Å². The van der Waals surface area contributed by atoms with Crippen molar-refractivity contribution in [2.24, 2.45) is 5.92 Å². The molecule has 3 aromatic heterocycles. The molecule has 0 N–H and O–H groups in total. The zero-order chi connectivity index (χ0) is 26.4. The average molecular weight is 507 g/mol. The molecule has 4 heterocycles. The van der Waals surface area contributed by atoms with Gasteiger partial charge >= 0.3 is 0 Å². The molecular formula is C29H39FN6O. The number of halogens is 1. The monoisotopic (exact) mass is 506 g/mol. The summed E-state index contributed by atoms with van der Waals surface area (Å²) in [5, 5.41) is 5.14. The zero-order valence-electron chi connectivity index (χ0n) is 22.7. The summed E-state index contributed by atoms with van der Waals surface area (Å²) >= 11 is 0. The lowest BCUT2D eigenvalue weighted by atomic mass is 10.0. The maximum absolute atomic E-state index is 14.4. The first-order chi connectivity index (χ1) is 17.9. The number of fused-ring (bicyclic) bond motifs is 2. The molecule has 0 bridgehead atoms. The quantitative estimate of drug-likeness (QED) is 0.257. The largest absolute Gasteiger partial charge is 0.497 e. The zero-order valence-corrected chi connectivity index (χ0v) is 22.7. The van der Waals surface area contributed by atoms with Crippen LogP contribution in [0.5, 0.6) is 5.75 Å². The first kappa shape index (κ1) is 26.8. The number of anilines is 1. The van der Waals surface area contributed by atoms with Crippen molar-refractivity contribution in [3.05, 3.63) is 48.8 Å². The third kappa shape index (κ3) is 6.18. The first-order valence-electron chi connectivity index (χ1n) is 13.3. The second-order valence-corrected chi connectivity index (χ2v) is 10.0. The van der Waals surface area contributed by atoms with Crippen LogP contribution in [0.1, 0.15) is 46.5 Å². The Kier molecular flexibility index (Phi) is 8.92. The van der Waals surface area contributed by atoms with Gasteiger partial charge in [0.1, 0.15) is 11.3 Å². The van der Waals surface area contributed by atoms with Gasteiger partial charge in [0.25, 0.3) is 0 Å². The molecule has 0 aliphatic carbocycles.